The van der Waals surface area contributed by atoms with Gasteiger partial charge < -0.3 is 0 Å². The topological polar surface area (TPSA) is 12.4 Å². The molecule has 0 radical (unpaired) electrons. The molecule has 0 aliphatic heterocycles. The number of benzene rings is 1. The van der Waals surface area contributed by atoms with E-state index in [4.69, 9.17) is 0 Å². The number of nitrogens with zero attached hydrogens (tertiary/aromatic N) is 1. The summed E-state index contributed by atoms with van der Waals surface area (Å²) in [6.07, 6.45) is 1.07. The first kappa shape index (κ1) is 9.97. The van der Waals surface area contributed by atoms with Crippen molar-refractivity contribution in [1.29, 1.82) is 0 Å². The highest BCUT2D eigenvalue weighted by Crippen LogP contribution is 2.20. The fourth-order valence-electron chi connectivity index (χ4n) is 1.24. The maximum Gasteiger partial charge on any atom is 0.0660 e. The molecule has 70 valence electrons. The van der Waals surface area contributed by atoms with Crippen molar-refractivity contribution >= 4 is 11.4 Å². The molecule has 0 atom stereocenters. The van der Waals surface area contributed by atoms with Crippen molar-refractivity contribution in [1.82, 2.24) is 0 Å². The van der Waals surface area contributed by atoms with Crippen LogP contribution in [0.5, 0.6) is 0 Å². The predicted molar refractivity (Wildman–Crippen MR) is 59.0 cm³/mol. The second-order valence-corrected chi connectivity index (χ2v) is 3.53. The first-order valence-corrected chi connectivity index (χ1v) is 4.75. The minimum Gasteiger partial charge on any atom is -0.258 e. The van der Waals surface area contributed by atoms with Gasteiger partial charge in [0.05, 0.1) is 5.69 Å². The zero-order valence-corrected chi connectivity index (χ0v) is 8.89. The molecular formula is C12H17N. The van der Waals surface area contributed by atoms with Crippen molar-refractivity contribution in [3.63, 3.8) is 0 Å². The van der Waals surface area contributed by atoms with Gasteiger partial charge in [-0.15, -0.1) is 0 Å². The third-order valence-electron chi connectivity index (χ3n) is 2.03. The summed E-state index contributed by atoms with van der Waals surface area (Å²) in [6.45, 7) is 8.31. The molecule has 0 saturated carbocycles. The molecule has 0 spiro atoms. The fraction of sp³-hybridized carbons (Fsp3) is 0.417. The van der Waals surface area contributed by atoms with Gasteiger partial charge in [0.25, 0.3) is 0 Å². The molecule has 0 fully saturated rings. The van der Waals surface area contributed by atoms with Gasteiger partial charge in [0.2, 0.25) is 0 Å². The molecular weight excluding hydrogens is 158 g/mol. The van der Waals surface area contributed by atoms with E-state index in [1.807, 2.05) is 13.8 Å². The van der Waals surface area contributed by atoms with Gasteiger partial charge in [-0.2, -0.15) is 0 Å². The summed E-state index contributed by atoms with van der Waals surface area (Å²) < 4.78 is 0. The summed E-state index contributed by atoms with van der Waals surface area (Å²) in [5.74, 6) is 0. The van der Waals surface area contributed by atoms with Gasteiger partial charge in [0, 0.05) is 5.71 Å². The molecule has 0 bridgehead atoms. The highest BCUT2D eigenvalue weighted by Gasteiger charge is 1.97. The normalized spacial score (nSPS) is 9.85. The lowest BCUT2D eigenvalue weighted by atomic mass is 10.1. The minimum atomic E-state index is 1.07. The van der Waals surface area contributed by atoms with Crippen molar-refractivity contribution in [3.8, 4) is 0 Å². The molecule has 0 aliphatic rings. The van der Waals surface area contributed by atoms with E-state index in [0.717, 1.165) is 17.8 Å². The Morgan fingerprint density at radius 3 is 2.54 bits per heavy atom. The van der Waals surface area contributed by atoms with E-state index in [-0.39, 0.29) is 0 Å². The Morgan fingerprint density at radius 2 is 2.00 bits per heavy atom. The minimum absolute atomic E-state index is 1.07. The second kappa shape index (κ2) is 4.22. The number of aliphatic imine (C=N–C) groups is 1. The molecule has 1 aromatic rings. The Balaban J connectivity index is 3.11. The molecule has 0 heterocycles. The molecule has 0 saturated heterocycles. The molecule has 0 aromatic heterocycles. The van der Waals surface area contributed by atoms with Crippen molar-refractivity contribution < 1.29 is 0 Å². The molecule has 1 aromatic carbocycles. The maximum atomic E-state index is 4.48. The van der Waals surface area contributed by atoms with E-state index in [0.29, 0.717) is 0 Å². The highest BCUT2D eigenvalue weighted by atomic mass is 14.7. The molecule has 0 unspecified atom stereocenters. The van der Waals surface area contributed by atoms with E-state index in [1.165, 1.54) is 11.1 Å². The predicted octanol–water partition coefficient (Wildman–Crippen LogP) is 3.67. The van der Waals surface area contributed by atoms with Crippen molar-refractivity contribution in [2.75, 3.05) is 0 Å². The molecule has 1 heteroatoms. The summed E-state index contributed by atoms with van der Waals surface area (Å²) in [6, 6.07) is 6.47. The maximum absolute atomic E-state index is 4.48. The van der Waals surface area contributed by atoms with E-state index < -0.39 is 0 Å². The van der Waals surface area contributed by atoms with Crippen LogP contribution >= 0.6 is 0 Å². The highest BCUT2D eigenvalue weighted by molar-refractivity contribution is 5.82. The van der Waals surface area contributed by atoms with E-state index >= 15 is 0 Å². The third kappa shape index (κ3) is 2.69. The first-order chi connectivity index (χ1) is 6.13. The van der Waals surface area contributed by atoms with E-state index in [1.54, 1.807) is 0 Å². The summed E-state index contributed by atoms with van der Waals surface area (Å²) >= 11 is 0. The Morgan fingerprint density at radius 1 is 1.31 bits per heavy atom. The van der Waals surface area contributed by atoms with Crippen LogP contribution in [0, 0.1) is 6.92 Å². The van der Waals surface area contributed by atoms with Gasteiger partial charge >= 0.3 is 0 Å². The van der Waals surface area contributed by atoms with Crippen LogP contribution in [-0.2, 0) is 6.42 Å². The smallest absolute Gasteiger partial charge is 0.0660 e. The van der Waals surface area contributed by atoms with Gasteiger partial charge in [0.15, 0.2) is 0 Å². The van der Waals surface area contributed by atoms with Crippen LogP contribution in [0.4, 0.5) is 5.69 Å². The SMILES string of the molecule is CCc1ccc(C)c(N=C(C)C)c1. The van der Waals surface area contributed by atoms with Crippen molar-refractivity contribution in [2.24, 2.45) is 4.99 Å². The van der Waals surface area contributed by atoms with Crippen LogP contribution in [0.15, 0.2) is 23.2 Å². The quantitative estimate of drug-likeness (QED) is 0.608. The third-order valence-corrected chi connectivity index (χ3v) is 2.03. The van der Waals surface area contributed by atoms with Crippen LogP contribution in [0.25, 0.3) is 0 Å². The summed E-state index contributed by atoms with van der Waals surface area (Å²) in [4.78, 5) is 4.48. The van der Waals surface area contributed by atoms with Crippen LogP contribution in [0.2, 0.25) is 0 Å². The summed E-state index contributed by atoms with van der Waals surface area (Å²) in [5.41, 5.74) is 4.82. The fourth-order valence-corrected chi connectivity index (χ4v) is 1.24. The number of hydrogen-bond acceptors (Lipinski definition) is 1. The summed E-state index contributed by atoms with van der Waals surface area (Å²) in [5, 5.41) is 0. The number of hydrogen-bond donors (Lipinski definition) is 0. The molecule has 0 N–H and O–H groups in total. The van der Waals surface area contributed by atoms with Gasteiger partial charge in [-0.25, -0.2) is 0 Å². The van der Waals surface area contributed by atoms with Crippen molar-refractivity contribution in [2.45, 2.75) is 34.1 Å². The lowest BCUT2D eigenvalue weighted by Crippen LogP contribution is -1.84. The molecule has 0 aliphatic carbocycles. The van der Waals surface area contributed by atoms with Gasteiger partial charge in [0.1, 0.15) is 0 Å². The molecule has 1 nitrogen and oxygen atoms in total. The zero-order valence-electron chi connectivity index (χ0n) is 8.89. The lowest BCUT2D eigenvalue weighted by Gasteiger charge is -2.03. The Kier molecular flexibility index (Phi) is 3.24. The first-order valence-electron chi connectivity index (χ1n) is 4.75. The van der Waals surface area contributed by atoms with Gasteiger partial charge in [-0.3, -0.25) is 4.99 Å². The monoisotopic (exact) mass is 175 g/mol. The van der Waals surface area contributed by atoms with E-state index in [9.17, 15) is 0 Å². The molecule has 1 rings (SSSR count). The van der Waals surface area contributed by atoms with Gasteiger partial charge in [-0.05, 0) is 44.4 Å². The average molecular weight is 175 g/mol. The lowest BCUT2D eigenvalue weighted by molar-refractivity contribution is 1.13. The Labute approximate surface area is 80.5 Å². The Hall–Kier alpha value is -1.11. The zero-order chi connectivity index (χ0) is 9.84. The summed E-state index contributed by atoms with van der Waals surface area (Å²) in [7, 11) is 0. The standard InChI is InChI=1S/C12H17N/c1-5-11-7-6-10(4)12(8-11)13-9(2)3/h6-8H,5H2,1-4H3. The van der Waals surface area contributed by atoms with Crippen LogP contribution in [0.1, 0.15) is 31.9 Å². The average Bonchev–Trinajstić information content (AvgIpc) is 2.08. The molecule has 0 amide bonds. The van der Waals surface area contributed by atoms with Crippen LogP contribution < -0.4 is 0 Å². The van der Waals surface area contributed by atoms with Crippen molar-refractivity contribution in [3.05, 3.63) is 29.3 Å². The number of aryl methyl sites for hydroxylation is 2. The van der Waals surface area contributed by atoms with Crippen LogP contribution in [-0.4, -0.2) is 5.71 Å². The van der Waals surface area contributed by atoms with Crippen LogP contribution in [0.3, 0.4) is 0 Å². The largest absolute Gasteiger partial charge is 0.258 e. The molecule has 13 heavy (non-hydrogen) atoms. The Bertz CT molecular complexity index is 320. The van der Waals surface area contributed by atoms with E-state index in [2.05, 4.69) is 37.0 Å². The van der Waals surface area contributed by atoms with Gasteiger partial charge in [-0.1, -0.05) is 19.1 Å². The second-order valence-electron chi connectivity index (χ2n) is 3.53. The number of rotatable bonds is 2.